The molecular formula is C13H18BrNO. The van der Waals surface area contributed by atoms with Crippen LogP contribution in [0.15, 0.2) is 28.7 Å². The Bertz CT molecular complexity index is 350. The maximum Gasteiger partial charge on any atom is 0.133 e. The molecule has 0 aromatic heterocycles. The van der Waals surface area contributed by atoms with Gasteiger partial charge in [-0.15, -0.1) is 0 Å². The van der Waals surface area contributed by atoms with Gasteiger partial charge in [0.1, 0.15) is 5.75 Å². The Morgan fingerprint density at radius 2 is 2.25 bits per heavy atom. The van der Waals surface area contributed by atoms with E-state index in [9.17, 15) is 0 Å². The number of benzene rings is 1. The van der Waals surface area contributed by atoms with Crippen LogP contribution in [0.25, 0.3) is 6.08 Å². The fourth-order valence-corrected chi connectivity index (χ4v) is 1.90. The lowest BCUT2D eigenvalue weighted by atomic mass is 10.2. The number of rotatable bonds is 6. The maximum absolute atomic E-state index is 5.17. The highest BCUT2D eigenvalue weighted by molar-refractivity contribution is 9.10. The van der Waals surface area contributed by atoms with E-state index in [4.69, 9.17) is 4.74 Å². The topological polar surface area (TPSA) is 21.3 Å². The molecule has 1 aromatic carbocycles. The van der Waals surface area contributed by atoms with Gasteiger partial charge in [0.05, 0.1) is 11.6 Å². The molecule has 88 valence electrons. The van der Waals surface area contributed by atoms with Gasteiger partial charge in [0.2, 0.25) is 0 Å². The van der Waals surface area contributed by atoms with E-state index in [0.717, 1.165) is 23.3 Å². The van der Waals surface area contributed by atoms with Gasteiger partial charge in [-0.25, -0.2) is 0 Å². The van der Waals surface area contributed by atoms with Crippen molar-refractivity contribution in [1.29, 1.82) is 0 Å². The highest BCUT2D eigenvalue weighted by Gasteiger charge is 1.98. The van der Waals surface area contributed by atoms with E-state index in [0.29, 0.717) is 0 Å². The van der Waals surface area contributed by atoms with Crippen molar-refractivity contribution in [3.05, 3.63) is 34.3 Å². The van der Waals surface area contributed by atoms with Gasteiger partial charge in [0.25, 0.3) is 0 Å². The van der Waals surface area contributed by atoms with Gasteiger partial charge in [-0.2, -0.15) is 0 Å². The number of halogens is 1. The van der Waals surface area contributed by atoms with Gasteiger partial charge < -0.3 is 10.1 Å². The first-order valence-electron chi connectivity index (χ1n) is 5.48. The summed E-state index contributed by atoms with van der Waals surface area (Å²) >= 11 is 3.47. The SMILES string of the molecule is CCCNCC=Cc1ccc(OC)c(Br)c1. The molecule has 1 aromatic rings. The molecule has 0 aliphatic rings. The highest BCUT2D eigenvalue weighted by Crippen LogP contribution is 2.25. The number of methoxy groups -OCH3 is 1. The van der Waals surface area contributed by atoms with E-state index >= 15 is 0 Å². The van der Waals surface area contributed by atoms with Crippen molar-refractivity contribution < 1.29 is 4.74 Å². The van der Waals surface area contributed by atoms with Gasteiger partial charge in [0.15, 0.2) is 0 Å². The van der Waals surface area contributed by atoms with Crippen molar-refractivity contribution in [3.8, 4) is 5.75 Å². The Balaban J connectivity index is 2.51. The first-order valence-corrected chi connectivity index (χ1v) is 6.28. The summed E-state index contributed by atoms with van der Waals surface area (Å²) < 4.78 is 6.16. The largest absolute Gasteiger partial charge is 0.496 e. The van der Waals surface area contributed by atoms with Crippen molar-refractivity contribution in [3.63, 3.8) is 0 Å². The monoisotopic (exact) mass is 283 g/mol. The minimum atomic E-state index is 0.862. The van der Waals surface area contributed by atoms with Crippen LogP contribution < -0.4 is 10.1 Å². The quantitative estimate of drug-likeness (QED) is 0.808. The van der Waals surface area contributed by atoms with E-state index in [1.54, 1.807) is 7.11 Å². The van der Waals surface area contributed by atoms with E-state index < -0.39 is 0 Å². The molecule has 2 nitrogen and oxygen atoms in total. The molecule has 0 aliphatic carbocycles. The van der Waals surface area contributed by atoms with Crippen molar-refractivity contribution in [2.45, 2.75) is 13.3 Å². The Kier molecular flexibility index (Phi) is 6.19. The third-order valence-corrected chi connectivity index (χ3v) is 2.79. The van der Waals surface area contributed by atoms with Crippen LogP contribution in [0.1, 0.15) is 18.9 Å². The van der Waals surface area contributed by atoms with E-state index in [1.165, 1.54) is 12.0 Å². The molecule has 1 rings (SSSR count). The standard InChI is InChI=1S/C13H18BrNO/c1-3-8-15-9-4-5-11-6-7-13(16-2)12(14)10-11/h4-7,10,15H,3,8-9H2,1-2H3. The predicted octanol–water partition coefficient (Wildman–Crippen LogP) is 3.47. The Morgan fingerprint density at radius 3 is 2.88 bits per heavy atom. The van der Waals surface area contributed by atoms with Crippen molar-refractivity contribution in [1.82, 2.24) is 5.32 Å². The Hall–Kier alpha value is -0.800. The van der Waals surface area contributed by atoms with Crippen molar-refractivity contribution in [2.24, 2.45) is 0 Å². The van der Waals surface area contributed by atoms with E-state index in [1.807, 2.05) is 12.1 Å². The van der Waals surface area contributed by atoms with Crippen LogP contribution in [0.4, 0.5) is 0 Å². The molecule has 0 amide bonds. The fraction of sp³-hybridized carbons (Fsp3) is 0.385. The number of nitrogens with one attached hydrogen (secondary N) is 1. The summed E-state index contributed by atoms with van der Waals surface area (Å²) in [7, 11) is 1.67. The summed E-state index contributed by atoms with van der Waals surface area (Å²) in [5, 5.41) is 3.32. The van der Waals surface area contributed by atoms with Crippen molar-refractivity contribution >= 4 is 22.0 Å². The van der Waals surface area contributed by atoms with Crippen LogP contribution >= 0.6 is 15.9 Å². The first kappa shape index (κ1) is 13.3. The average molecular weight is 284 g/mol. The number of hydrogen-bond acceptors (Lipinski definition) is 2. The smallest absolute Gasteiger partial charge is 0.133 e. The van der Waals surface area contributed by atoms with Crippen LogP contribution in [0.2, 0.25) is 0 Å². The summed E-state index contributed by atoms with van der Waals surface area (Å²) in [5.74, 6) is 0.862. The zero-order chi connectivity index (χ0) is 11.8. The van der Waals surface area contributed by atoms with Gasteiger partial charge in [-0.05, 0) is 46.6 Å². The third kappa shape index (κ3) is 4.37. The highest BCUT2D eigenvalue weighted by atomic mass is 79.9. The Morgan fingerprint density at radius 1 is 1.44 bits per heavy atom. The second-order valence-electron chi connectivity index (χ2n) is 3.50. The lowest BCUT2D eigenvalue weighted by Crippen LogP contribution is -2.13. The molecule has 0 radical (unpaired) electrons. The molecule has 0 unspecified atom stereocenters. The van der Waals surface area contributed by atoms with E-state index in [2.05, 4.69) is 46.4 Å². The van der Waals surface area contributed by atoms with Gasteiger partial charge >= 0.3 is 0 Å². The molecule has 0 bridgehead atoms. The van der Waals surface area contributed by atoms with Gasteiger partial charge in [0, 0.05) is 6.54 Å². The lowest BCUT2D eigenvalue weighted by Gasteiger charge is -2.03. The lowest BCUT2D eigenvalue weighted by molar-refractivity contribution is 0.412. The minimum absolute atomic E-state index is 0.862. The molecule has 1 N–H and O–H groups in total. The summed E-state index contributed by atoms with van der Waals surface area (Å²) in [6, 6.07) is 6.05. The first-order chi connectivity index (χ1) is 7.77. The molecule has 16 heavy (non-hydrogen) atoms. The molecule has 0 saturated heterocycles. The minimum Gasteiger partial charge on any atom is -0.496 e. The summed E-state index contributed by atoms with van der Waals surface area (Å²) in [6.07, 6.45) is 5.40. The molecule has 0 spiro atoms. The normalized spacial score (nSPS) is 10.9. The Labute approximate surface area is 106 Å². The summed E-state index contributed by atoms with van der Waals surface area (Å²) in [4.78, 5) is 0. The second-order valence-corrected chi connectivity index (χ2v) is 4.35. The van der Waals surface area contributed by atoms with E-state index in [-0.39, 0.29) is 0 Å². The predicted molar refractivity (Wildman–Crippen MR) is 72.9 cm³/mol. The maximum atomic E-state index is 5.17. The molecule has 0 heterocycles. The molecule has 0 fully saturated rings. The van der Waals surface area contributed by atoms with Crippen LogP contribution in [0.3, 0.4) is 0 Å². The zero-order valence-corrected chi connectivity index (χ0v) is 11.4. The zero-order valence-electron chi connectivity index (χ0n) is 9.79. The molecule has 3 heteroatoms. The molecule has 0 atom stereocenters. The van der Waals surface area contributed by atoms with Crippen LogP contribution in [-0.4, -0.2) is 20.2 Å². The number of hydrogen-bond donors (Lipinski definition) is 1. The fourth-order valence-electron chi connectivity index (χ4n) is 1.34. The number of ether oxygens (including phenoxy) is 1. The van der Waals surface area contributed by atoms with Crippen LogP contribution in [-0.2, 0) is 0 Å². The van der Waals surface area contributed by atoms with Gasteiger partial charge in [-0.1, -0.05) is 25.1 Å². The second kappa shape index (κ2) is 7.47. The third-order valence-electron chi connectivity index (χ3n) is 2.18. The van der Waals surface area contributed by atoms with Crippen LogP contribution in [0.5, 0.6) is 5.75 Å². The summed E-state index contributed by atoms with van der Waals surface area (Å²) in [6.45, 7) is 4.14. The molecular weight excluding hydrogens is 266 g/mol. The van der Waals surface area contributed by atoms with Crippen LogP contribution in [0, 0.1) is 0 Å². The van der Waals surface area contributed by atoms with Gasteiger partial charge in [-0.3, -0.25) is 0 Å². The summed E-state index contributed by atoms with van der Waals surface area (Å²) in [5.41, 5.74) is 1.17. The average Bonchev–Trinajstić information content (AvgIpc) is 2.29. The molecule has 0 aliphatic heterocycles. The van der Waals surface area contributed by atoms with Crippen molar-refractivity contribution in [2.75, 3.05) is 20.2 Å². The molecule has 0 saturated carbocycles.